The molecule has 0 saturated heterocycles. The summed E-state index contributed by atoms with van der Waals surface area (Å²) in [4.78, 5) is 18.2. The van der Waals surface area contributed by atoms with E-state index in [2.05, 4.69) is 15.5 Å². The van der Waals surface area contributed by atoms with E-state index in [0.717, 1.165) is 11.3 Å². The number of halogens is 1. The third-order valence-corrected chi connectivity index (χ3v) is 3.74. The molecule has 0 radical (unpaired) electrons. The standard InChI is InChI=1S/C15H17ClN4O3/c1-2-13-18-14(23-19-13)8-17-15(21)20-5-6-22-12-4-3-11(16)7-10(12)9-20/h3-4,7H,2,5-6,8-9H2,1H3,(H,17,21). The molecule has 1 aliphatic heterocycles. The maximum absolute atomic E-state index is 12.3. The second-order valence-corrected chi connectivity index (χ2v) is 5.58. The van der Waals surface area contributed by atoms with E-state index in [0.29, 0.717) is 42.9 Å². The molecule has 0 fully saturated rings. The van der Waals surface area contributed by atoms with Crippen molar-refractivity contribution in [3.8, 4) is 5.75 Å². The third kappa shape index (κ3) is 3.73. The number of benzene rings is 1. The minimum atomic E-state index is -0.210. The molecule has 8 heteroatoms. The van der Waals surface area contributed by atoms with Crippen molar-refractivity contribution in [3.05, 3.63) is 40.5 Å². The highest BCUT2D eigenvalue weighted by Crippen LogP contribution is 2.26. The molecule has 1 N–H and O–H groups in total. The van der Waals surface area contributed by atoms with Crippen LogP contribution in [0.5, 0.6) is 5.75 Å². The molecule has 122 valence electrons. The highest BCUT2D eigenvalue weighted by Gasteiger charge is 2.20. The third-order valence-electron chi connectivity index (χ3n) is 3.51. The molecule has 1 aliphatic rings. The lowest BCUT2D eigenvalue weighted by atomic mass is 10.2. The van der Waals surface area contributed by atoms with E-state index in [1.54, 1.807) is 11.0 Å². The van der Waals surface area contributed by atoms with Crippen LogP contribution in [0.1, 0.15) is 24.2 Å². The minimum absolute atomic E-state index is 0.200. The Hall–Kier alpha value is -2.28. The minimum Gasteiger partial charge on any atom is -0.491 e. The van der Waals surface area contributed by atoms with Crippen LogP contribution >= 0.6 is 11.6 Å². The zero-order valence-corrected chi connectivity index (χ0v) is 13.5. The summed E-state index contributed by atoms with van der Waals surface area (Å²) in [6, 6.07) is 5.20. The molecule has 2 aromatic rings. The summed E-state index contributed by atoms with van der Waals surface area (Å²) < 4.78 is 10.7. The van der Waals surface area contributed by atoms with E-state index < -0.39 is 0 Å². The van der Waals surface area contributed by atoms with Crippen LogP contribution < -0.4 is 10.1 Å². The Balaban J connectivity index is 1.63. The monoisotopic (exact) mass is 336 g/mol. The number of rotatable bonds is 3. The number of aryl methyl sites for hydroxylation is 1. The molecule has 2 amide bonds. The lowest BCUT2D eigenvalue weighted by Crippen LogP contribution is -2.40. The van der Waals surface area contributed by atoms with Crippen molar-refractivity contribution in [2.24, 2.45) is 0 Å². The molecule has 0 unspecified atom stereocenters. The normalized spacial score (nSPS) is 13.9. The molecule has 23 heavy (non-hydrogen) atoms. The fourth-order valence-electron chi connectivity index (χ4n) is 2.30. The van der Waals surface area contributed by atoms with Crippen molar-refractivity contribution in [2.45, 2.75) is 26.4 Å². The summed E-state index contributed by atoms with van der Waals surface area (Å²) in [5.41, 5.74) is 0.885. The molecule has 3 rings (SSSR count). The van der Waals surface area contributed by atoms with E-state index in [1.165, 1.54) is 0 Å². The lowest BCUT2D eigenvalue weighted by Gasteiger charge is -2.19. The smallest absolute Gasteiger partial charge is 0.318 e. The Labute approximate surface area is 138 Å². The maximum Gasteiger partial charge on any atom is 0.318 e. The van der Waals surface area contributed by atoms with E-state index in [-0.39, 0.29) is 12.6 Å². The highest BCUT2D eigenvalue weighted by atomic mass is 35.5. The summed E-state index contributed by atoms with van der Waals surface area (Å²) in [6.07, 6.45) is 0.693. The Kier molecular flexibility index (Phi) is 4.66. The molecule has 1 aromatic heterocycles. The average molecular weight is 337 g/mol. The van der Waals surface area contributed by atoms with Gasteiger partial charge in [-0.15, -0.1) is 0 Å². The number of carbonyl (C=O) groups excluding carboxylic acids is 1. The van der Waals surface area contributed by atoms with Gasteiger partial charge in [-0.2, -0.15) is 4.98 Å². The molecule has 1 aromatic carbocycles. The van der Waals surface area contributed by atoms with Crippen LogP contribution in [-0.4, -0.2) is 34.2 Å². The van der Waals surface area contributed by atoms with E-state index in [9.17, 15) is 4.79 Å². The summed E-state index contributed by atoms with van der Waals surface area (Å²) >= 11 is 6.01. The first kappa shape index (κ1) is 15.6. The molecule has 2 heterocycles. The van der Waals surface area contributed by atoms with E-state index in [1.807, 2.05) is 19.1 Å². The highest BCUT2D eigenvalue weighted by molar-refractivity contribution is 6.30. The predicted molar refractivity (Wildman–Crippen MR) is 83.3 cm³/mol. The zero-order chi connectivity index (χ0) is 16.2. The molecule has 0 saturated carbocycles. The van der Waals surface area contributed by atoms with Gasteiger partial charge in [-0.3, -0.25) is 0 Å². The first-order valence-corrected chi connectivity index (χ1v) is 7.79. The molecule has 0 bridgehead atoms. The van der Waals surface area contributed by atoms with Crippen molar-refractivity contribution in [3.63, 3.8) is 0 Å². The number of fused-ring (bicyclic) bond motifs is 1. The van der Waals surface area contributed by atoms with Crippen LogP contribution in [0.2, 0.25) is 5.02 Å². The van der Waals surface area contributed by atoms with Crippen molar-refractivity contribution in [2.75, 3.05) is 13.2 Å². The van der Waals surface area contributed by atoms with Gasteiger partial charge in [0, 0.05) is 17.0 Å². The number of hydrogen-bond acceptors (Lipinski definition) is 5. The van der Waals surface area contributed by atoms with Crippen molar-refractivity contribution in [1.82, 2.24) is 20.4 Å². The summed E-state index contributed by atoms with van der Waals surface area (Å²) in [5.74, 6) is 1.78. The number of nitrogens with zero attached hydrogens (tertiary/aromatic N) is 3. The first-order valence-electron chi connectivity index (χ1n) is 7.41. The van der Waals surface area contributed by atoms with Gasteiger partial charge in [0.15, 0.2) is 5.82 Å². The van der Waals surface area contributed by atoms with Gasteiger partial charge in [-0.05, 0) is 18.2 Å². The van der Waals surface area contributed by atoms with Crippen molar-refractivity contribution < 1.29 is 14.1 Å². The van der Waals surface area contributed by atoms with E-state index >= 15 is 0 Å². The number of nitrogens with one attached hydrogen (secondary N) is 1. The van der Waals surface area contributed by atoms with Gasteiger partial charge in [0.2, 0.25) is 5.89 Å². The Morgan fingerprint density at radius 1 is 1.48 bits per heavy atom. The Bertz CT molecular complexity index is 704. The van der Waals surface area contributed by atoms with Gasteiger partial charge in [0.25, 0.3) is 0 Å². The molecule has 0 aliphatic carbocycles. The Morgan fingerprint density at radius 2 is 2.35 bits per heavy atom. The fourth-order valence-corrected chi connectivity index (χ4v) is 2.50. The van der Waals surface area contributed by atoms with Crippen LogP contribution in [0.3, 0.4) is 0 Å². The molecular weight excluding hydrogens is 320 g/mol. The molecule has 0 spiro atoms. The quantitative estimate of drug-likeness (QED) is 0.930. The van der Waals surface area contributed by atoms with Crippen LogP contribution in [0.25, 0.3) is 0 Å². The fraction of sp³-hybridized carbons (Fsp3) is 0.400. The zero-order valence-electron chi connectivity index (χ0n) is 12.7. The maximum atomic E-state index is 12.3. The van der Waals surface area contributed by atoms with E-state index in [4.69, 9.17) is 20.9 Å². The van der Waals surface area contributed by atoms with Gasteiger partial charge >= 0.3 is 6.03 Å². The van der Waals surface area contributed by atoms with Crippen molar-refractivity contribution >= 4 is 17.6 Å². The number of aromatic nitrogens is 2. The number of carbonyl (C=O) groups is 1. The summed E-state index contributed by atoms with van der Waals surface area (Å²) in [6.45, 7) is 3.50. The van der Waals surface area contributed by atoms with Gasteiger partial charge < -0.3 is 19.5 Å². The molecular formula is C15H17ClN4O3. The SMILES string of the molecule is CCc1noc(CNC(=O)N2CCOc3ccc(Cl)cc3C2)n1. The topological polar surface area (TPSA) is 80.5 Å². The number of ether oxygens (including phenoxy) is 1. The van der Waals surface area contributed by atoms with Gasteiger partial charge in [0.05, 0.1) is 19.6 Å². The number of urea groups is 1. The van der Waals surface area contributed by atoms with Crippen LogP contribution in [0, 0.1) is 0 Å². The second kappa shape index (κ2) is 6.87. The molecule has 7 nitrogen and oxygen atoms in total. The first-order chi connectivity index (χ1) is 11.2. The predicted octanol–water partition coefficient (Wildman–Crippen LogP) is 2.39. The largest absolute Gasteiger partial charge is 0.491 e. The van der Waals surface area contributed by atoms with Gasteiger partial charge in [-0.25, -0.2) is 4.79 Å². The van der Waals surface area contributed by atoms with Gasteiger partial charge in [0.1, 0.15) is 12.4 Å². The Morgan fingerprint density at radius 3 is 3.13 bits per heavy atom. The molecule has 0 atom stereocenters. The van der Waals surface area contributed by atoms with Crippen LogP contribution in [0.4, 0.5) is 4.79 Å². The number of amides is 2. The van der Waals surface area contributed by atoms with Crippen LogP contribution in [0.15, 0.2) is 22.7 Å². The summed E-state index contributed by atoms with van der Waals surface area (Å²) in [7, 11) is 0. The second-order valence-electron chi connectivity index (χ2n) is 5.14. The van der Waals surface area contributed by atoms with Gasteiger partial charge in [-0.1, -0.05) is 23.7 Å². The number of hydrogen-bond donors (Lipinski definition) is 1. The van der Waals surface area contributed by atoms with Crippen molar-refractivity contribution in [1.29, 1.82) is 0 Å². The average Bonchev–Trinajstić information content (AvgIpc) is 2.91. The lowest BCUT2D eigenvalue weighted by molar-refractivity contribution is 0.186. The summed E-state index contributed by atoms with van der Waals surface area (Å²) in [5, 5.41) is 7.19. The van der Waals surface area contributed by atoms with Crippen LogP contribution in [-0.2, 0) is 19.5 Å².